The number of rotatable bonds is 5. The zero-order chi connectivity index (χ0) is 18.7. The highest BCUT2D eigenvalue weighted by Crippen LogP contribution is 2.23. The smallest absolute Gasteiger partial charge is 0.433 e. The van der Waals surface area contributed by atoms with Gasteiger partial charge in [-0.1, -0.05) is 0 Å². The Morgan fingerprint density at radius 3 is 2.16 bits per heavy atom. The van der Waals surface area contributed by atoms with Gasteiger partial charge in [-0.3, -0.25) is 10.1 Å². The zero-order valence-corrected chi connectivity index (χ0v) is 11.9. The normalized spacial score (nSPS) is 11.1. The highest BCUT2D eigenvalue weighted by molar-refractivity contribution is 5.86. The number of nitro groups is 1. The van der Waals surface area contributed by atoms with Crippen LogP contribution in [0.1, 0.15) is 11.3 Å². The van der Waals surface area contributed by atoms with Gasteiger partial charge in [0.25, 0.3) is 0 Å². The first kappa shape index (κ1) is 18.1. The molecule has 25 heavy (non-hydrogen) atoms. The van der Waals surface area contributed by atoms with Crippen molar-refractivity contribution in [1.82, 2.24) is 0 Å². The van der Waals surface area contributed by atoms with Gasteiger partial charge in [0, 0.05) is 6.08 Å². The van der Waals surface area contributed by atoms with Crippen LogP contribution >= 0.6 is 0 Å². The van der Waals surface area contributed by atoms with Gasteiger partial charge < -0.3 is 9.15 Å². The predicted octanol–water partition coefficient (Wildman–Crippen LogP) is 3.64. The molecule has 0 amide bonds. The van der Waals surface area contributed by atoms with E-state index in [2.05, 4.69) is 9.15 Å². The van der Waals surface area contributed by atoms with Crippen molar-refractivity contribution in [3.8, 4) is 0 Å². The lowest BCUT2D eigenvalue weighted by molar-refractivity contribution is -0.402. The average molecular weight is 363 g/mol. The van der Waals surface area contributed by atoms with Gasteiger partial charge in [-0.2, -0.15) is 0 Å². The lowest BCUT2D eigenvalue weighted by Crippen LogP contribution is -2.10. The van der Waals surface area contributed by atoms with Crippen LogP contribution in [0.5, 0.6) is 0 Å². The summed E-state index contributed by atoms with van der Waals surface area (Å²) in [5, 5.41) is 10.4. The van der Waals surface area contributed by atoms with Crippen LogP contribution in [0.2, 0.25) is 0 Å². The number of benzene rings is 1. The van der Waals surface area contributed by atoms with E-state index in [0.717, 1.165) is 18.2 Å². The van der Waals surface area contributed by atoms with Crippen LogP contribution in [0, 0.1) is 39.2 Å². The molecule has 0 radical (unpaired) electrons. The number of hydrogen-bond acceptors (Lipinski definition) is 5. The van der Waals surface area contributed by atoms with Crippen LogP contribution in [-0.2, 0) is 16.1 Å². The Bertz CT molecular complexity index is 848. The molecule has 1 aromatic heterocycles. The molecule has 1 heterocycles. The summed E-state index contributed by atoms with van der Waals surface area (Å²) in [5.41, 5.74) is -1.31. The number of carbonyl (C=O) groups excluding carboxylic acids is 1. The summed E-state index contributed by atoms with van der Waals surface area (Å²) in [4.78, 5) is 21.0. The van der Waals surface area contributed by atoms with Gasteiger partial charge in [0.1, 0.15) is 17.3 Å². The standard InChI is InChI=1S/C14H6F5NO5/c15-10-7(11(16)13(18)14(19)12(10)17)5-24-9(21)4-2-6-1-3-8(25-6)20(22)23/h1-4H,5H2/b4-2+. The van der Waals surface area contributed by atoms with Gasteiger partial charge in [-0.25, -0.2) is 26.7 Å². The molecule has 2 aromatic rings. The topological polar surface area (TPSA) is 82.6 Å². The minimum atomic E-state index is -2.33. The van der Waals surface area contributed by atoms with Gasteiger partial charge in [0.05, 0.1) is 11.6 Å². The van der Waals surface area contributed by atoms with E-state index >= 15 is 0 Å². The second kappa shape index (κ2) is 7.11. The maximum atomic E-state index is 13.4. The van der Waals surface area contributed by atoms with Gasteiger partial charge in [0.15, 0.2) is 23.3 Å². The molecule has 0 aliphatic rings. The third-order valence-electron chi connectivity index (χ3n) is 2.84. The molecule has 2 rings (SSSR count). The van der Waals surface area contributed by atoms with E-state index in [1.807, 2.05) is 0 Å². The number of carbonyl (C=O) groups is 1. The van der Waals surface area contributed by atoms with Crippen molar-refractivity contribution < 1.29 is 40.8 Å². The van der Waals surface area contributed by atoms with Crippen LogP contribution in [0.25, 0.3) is 6.08 Å². The van der Waals surface area contributed by atoms with Crippen molar-refractivity contribution >= 4 is 17.9 Å². The summed E-state index contributed by atoms with van der Waals surface area (Å²) in [7, 11) is 0. The largest absolute Gasteiger partial charge is 0.457 e. The summed E-state index contributed by atoms with van der Waals surface area (Å²) in [6.07, 6.45) is 1.64. The lowest BCUT2D eigenvalue weighted by Gasteiger charge is -2.08. The molecule has 0 aliphatic carbocycles. The molecule has 0 unspecified atom stereocenters. The lowest BCUT2D eigenvalue weighted by atomic mass is 10.2. The Kier molecular flexibility index (Phi) is 5.15. The van der Waals surface area contributed by atoms with E-state index in [4.69, 9.17) is 0 Å². The summed E-state index contributed by atoms with van der Waals surface area (Å²) >= 11 is 0. The maximum absolute atomic E-state index is 13.4. The van der Waals surface area contributed by atoms with E-state index in [-0.39, 0.29) is 5.76 Å². The second-order valence-electron chi connectivity index (χ2n) is 4.42. The van der Waals surface area contributed by atoms with Crippen molar-refractivity contribution in [3.63, 3.8) is 0 Å². The van der Waals surface area contributed by atoms with Crippen LogP contribution in [0.15, 0.2) is 22.6 Å². The molecule has 11 heteroatoms. The van der Waals surface area contributed by atoms with Crippen LogP contribution in [-0.4, -0.2) is 10.9 Å². The predicted molar refractivity (Wildman–Crippen MR) is 70.4 cm³/mol. The fourth-order valence-electron chi connectivity index (χ4n) is 1.65. The number of esters is 1. The minimum Gasteiger partial charge on any atom is -0.457 e. The Balaban J connectivity index is 2.07. The number of nitrogens with zero attached hydrogens (tertiary/aromatic N) is 1. The quantitative estimate of drug-likeness (QED) is 0.154. The Morgan fingerprint density at radius 2 is 1.64 bits per heavy atom. The first-order valence-corrected chi connectivity index (χ1v) is 6.31. The van der Waals surface area contributed by atoms with Crippen LogP contribution in [0.3, 0.4) is 0 Å². The molecule has 0 spiro atoms. The van der Waals surface area contributed by atoms with Crippen molar-refractivity contribution in [2.24, 2.45) is 0 Å². The van der Waals surface area contributed by atoms with Crippen molar-refractivity contribution in [3.05, 3.63) is 68.7 Å². The average Bonchev–Trinajstić information content (AvgIpc) is 3.05. The van der Waals surface area contributed by atoms with Crippen molar-refractivity contribution in [1.29, 1.82) is 0 Å². The van der Waals surface area contributed by atoms with Crippen molar-refractivity contribution in [2.75, 3.05) is 0 Å². The number of hydrogen-bond donors (Lipinski definition) is 0. The minimum absolute atomic E-state index is 0.0973. The third-order valence-corrected chi connectivity index (χ3v) is 2.84. The Labute approximate surface area is 135 Å². The van der Waals surface area contributed by atoms with Gasteiger partial charge in [-0.15, -0.1) is 0 Å². The highest BCUT2D eigenvalue weighted by atomic mass is 19.2. The Morgan fingerprint density at radius 1 is 1.08 bits per heavy atom. The number of furan rings is 1. The third kappa shape index (κ3) is 3.82. The first-order chi connectivity index (χ1) is 11.7. The molecule has 132 valence electrons. The van der Waals surface area contributed by atoms with E-state index in [9.17, 15) is 36.9 Å². The van der Waals surface area contributed by atoms with Gasteiger partial charge in [0.2, 0.25) is 5.82 Å². The molecule has 0 saturated carbocycles. The van der Waals surface area contributed by atoms with Gasteiger partial charge in [-0.05, 0) is 12.1 Å². The first-order valence-electron chi connectivity index (χ1n) is 6.31. The molecule has 0 aliphatic heterocycles. The van der Waals surface area contributed by atoms with E-state index < -0.39 is 58.0 Å². The summed E-state index contributed by atoms with van der Waals surface area (Å²) in [6.45, 7) is -1.22. The number of halogens is 5. The van der Waals surface area contributed by atoms with Gasteiger partial charge >= 0.3 is 11.9 Å². The molecule has 0 saturated heterocycles. The molecular weight excluding hydrogens is 357 g/mol. The fourth-order valence-corrected chi connectivity index (χ4v) is 1.65. The van der Waals surface area contributed by atoms with E-state index in [0.29, 0.717) is 6.08 Å². The molecule has 0 N–H and O–H groups in total. The fraction of sp³-hybridized carbons (Fsp3) is 0.0714. The zero-order valence-electron chi connectivity index (χ0n) is 11.9. The highest BCUT2D eigenvalue weighted by Gasteiger charge is 2.26. The molecule has 0 bridgehead atoms. The summed E-state index contributed by atoms with van der Waals surface area (Å²) < 4.78 is 74.6. The molecule has 6 nitrogen and oxygen atoms in total. The maximum Gasteiger partial charge on any atom is 0.433 e. The molecular formula is C14H6F5NO5. The monoisotopic (exact) mass is 363 g/mol. The second-order valence-corrected chi connectivity index (χ2v) is 4.42. The van der Waals surface area contributed by atoms with Crippen LogP contribution < -0.4 is 0 Å². The molecule has 1 aromatic carbocycles. The van der Waals surface area contributed by atoms with Crippen LogP contribution in [0.4, 0.5) is 27.8 Å². The van der Waals surface area contributed by atoms with E-state index in [1.54, 1.807) is 0 Å². The number of ether oxygens (including phenoxy) is 1. The van der Waals surface area contributed by atoms with E-state index in [1.165, 1.54) is 0 Å². The summed E-state index contributed by atoms with van der Waals surface area (Å²) in [6, 6.07) is 2.17. The Hall–Kier alpha value is -3.24. The summed E-state index contributed by atoms with van der Waals surface area (Å²) in [5.74, 6) is -12.8. The van der Waals surface area contributed by atoms with Crippen molar-refractivity contribution in [2.45, 2.75) is 6.61 Å². The molecule has 0 fully saturated rings. The SMILES string of the molecule is O=C(/C=C/c1ccc([N+](=O)[O-])o1)OCc1c(F)c(F)c(F)c(F)c1F. The molecule has 0 atom stereocenters.